The molecule has 1 fully saturated rings. The molecule has 1 rings (SSSR count). The third-order valence-corrected chi connectivity index (χ3v) is 3.26. The topological polar surface area (TPSA) is 46.3 Å². The minimum Gasteiger partial charge on any atom is -0.368 e. The van der Waals surface area contributed by atoms with Crippen LogP contribution < -0.4 is 5.73 Å². The summed E-state index contributed by atoms with van der Waals surface area (Å²) in [5, 5.41) is 0. The largest absolute Gasteiger partial charge is 0.368 e. The normalized spacial score (nSPS) is 25.0. The van der Waals surface area contributed by atoms with Crippen molar-refractivity contribution in [2.24, 2.45) is 11.7 Å². The van der Waals surface area contributed by atoms with Crippen molar-refractivity contribution in [3.05, 3.63) is 0 Å². The smallest absolute Gasteiger partial charge is 0.237 e. The fourth-order valence-electron chi connectivity index (χ4n) is 1.83. The number of rotatable bonds is 3. The zero-order valence-electron chi connectivity index (χ0n) is 8.84. The summed E-state index contributed by atoms with van der Waals surface area (Å²) < 4.78 is 0. The van der Waals surface area contributed by atoms with Crippen LogP contribution in [0.25, 0.3) is 0 Å². The molecule has 0 aromatic carbocycles. The van der Waals surface area contributed by atoms with E-state index in [0.717, 1.165) is 19.0 Å². The lowest BCUT2D eigenvalue weighted by atomic mass is 10.0. The molecule has 0 aromatic rings. The molecule has 1 unspecified atom stereocenters. The monoisotopic (exact) mass is 184 g/mol. The van der Waals surface area contributed by atoms with Crippen LogP contribution in [0.4, 0.5) is 0 Å². The molecular formula is C10H20N2O. The molecule has 1 heterocycles. The third kappa shape index (κ3) is 2.02. The fourth-order valence-corrected chi connectivity index (χ4v) is 1.83. The lowest BCUT2D eigenvalue weighted by Crippen LogP contribution is -2.52. The number of primary amides is 1. The highest BCUT2D eigenvalue weighted by Crippen LogP contribution is 2.26. The molecule has 2 N–H and O–H groups in total. The molecule has 0 radical (unpaired) electrons. The first-order valence-electron chi connectivity index (χ1n) is 5.03. The first-order valence-corrected chi connectivity index (χ1v) is 5.03. The van der Waals surface area contributed by atoms with Crippen LogP contribution in [0.2, 0.25) is 0 Å². The van der Waals surface area contributed by atoms with Gasteiger partial charge in [-0.25, -0.2) is 0 Å². The van der Waals surface area contributed by atoms with E-state index in [1.165, 1.54) is 12.8 Å². The van der Waals surface area contributed by atoms with Crippen LogP contribution in [-0.2, 0) is 4.79 Å². The van der Waals surface area contributed by atoms with Gasteiger partial charge in [0.05, 0.1) is 5.54 Å². The van der Waals surface area contributed by atoms with Crippen molar-refractivity contribution in [1.29, 1.82) is 0 Å². The van der Waals surface area contributed by atoms with Crippen molar-refractivity contribution in [3.63, 3.8) is 0 Å². The van der Waals surface area contributed by atoms with Gasteiger partial charge in [0.25, 0.3) is 0 Å². The molecule has 0 aromatic heterocycles. The number of nitrogens with zero attached hydrogens (tertiary/aromatic N) is 1. The van der Waals surface area contributed by atoms with Crippen LogP contribution in [0.1, 0.15) is 33.6 Å². The Kier molecular flexibility index (Phi) is 2.96. The molecule has 0 aliphatic carbocycles. The maximum atomic E-state index is 11.2. The van der Waals surface area contributed by atoms with E-state index in [0.29, 0.717) is 0 Å². The van der Waals surface area contributed by atoms with E-state index >= 15 is 0 Å². The summed E-state index contributed by atoms with van der Waals surface area (Å²) in [6.45, 7) is 8.05. The molecule has 3 nitrogen and oxygen atoms in total. The van der Waals surface area contributed by atoms with Crippen molar-refractivity contribution in [2.75, 3.05) is 13.1 Å². The average molecular weight is 184 g/mol. The van der Waals surface area contributed by atoms with Crippen LogP contribution in [0.15, 0.2) is 0 Å². The summed E-state index contributed by atoms with van der Waals surface area (Å²) in [6.07, 6.45) is 2.40. The van der Waals surface area contributed by atoms with Crippen LogP contribution in [0, 0.1) is 5.92 Å². The Morgan fingerprint density at radius 2 is 2.23 bits per heavy atom. The molecule has 1 aliphatic heterocycles. The predicted molar refractivity (Wildman–Crippen MR) is 53.2 cm³/mol. The van der Waals surface area contributed by atoms with Crippen LogP contribution in [0.5, 0.6) is 0 Å². The van der Waals surface area contributed by atoms with E-state index < -0.39 is 5.54 Å². The molecule has 1 atom stereocenters. The van der Waals surface area contributed by atoms with Gasteiger partial charge in [-0.2, -0.15) is 0 Å². The van der Waals surface area contributed by atoms with Gasteiger partial charge in [0, 0.05) is 6.54 Å². The number of hydrogen-bond acceptors (Lipinski definition) is 2. The SMILES string of the molecule is CCC1CCN(C(C)(C)C(N)=O)C1. The predicted octanol–water partition coefficient (Wildman–Crippen LogP) is 0.982. The van der Waals surface area contributed by atoms with Gasteiger partial charge in [0.2, 0.25) is 5.91 Å². The molecule has 1 aliphatic rings. The molecule has 3 heteroatoms. The Morgan fingerprint density at radius 1 is 1.62 bits per heavy atom. The van der Waals surface area contributed by atoms with Crippen LogP contribution in [-0.4, -0.2) is 29.4 Å². The number of likely N-dealkylation sites (tertiary alicyclic amines) is 1. The van der Waals surface area contributed by atoms with Gasteiger partial charge in [-0.05, 0) is 32.7 Å². The van der Waals surface area contributed by atoms with E-state index in [9.17, 15) is 4.79 Å². The zero-order chi connectivity index (χ0) is 10.1. The minimum absolute atomic E-state index is 0.218. The summed E-state index contributed by atoms with van der Waals surface area (Å²) in [6, 6.07) is 0. The van der Waals surface area contributed by atoms with Crippen molar-refractivity contribution in [3.8, 4) is 0 Å². The minimum atomic E-state index is -0.468. The molecule has 76 valence electrons. The Morgan fingerprint density at radius 3 is 2.62 bits per heavy atom. The molecule has 0 spiro atoms. The second-order valence-electron chi connectivity index (χ2n) is 4.43. The molecule has 1 amide bonds. The van der Waals surface area contributed by atoms with E-state index in [1.807, 2.05) is 13.8 Å². The lowest BCUT2D eigenvalue weighted by molar-refractivity contribution is -0.127. The first kappa shape index (κ1) is 10.5. The van der Waals surface area contributed by atoms with Gasteiger partial charge < -0.3 is 5.73 Å². The molecular weight excluding hydrogens is 164 g/mol. The second-order valence-corrected chi connectivity index (χ2v) is 4.43. The number of amides is 1. The van der Waals surface area contributed by atoms with Gasteiger partial charge in [-0.1, -0.05) is 13.3 Å². The van der Waals surface area contributed by atoms with Gasteiger partial charge in [0.15, 0.2) is 0 Å². The lowest BCUT2D eigenvalue weighted by Gasteiger charge is -2.32. The molecule has 13 heavy (non-hydrogen) atoms. The molecule has 1 saturated heterocycles. The third-order valence-electron chi connectivity index (χ3n) is 3.26. The Bertz CT molecular complexity index is 201. The quantitative estimate of drug-likeness (QED) is 0.710. The van der Waals surface area contributed by atoms with Crippen molar-refractivity contribution >= 4 is 5.91 Å². The van der Waals surface area contributed by atoms with Crippen molar-refractivity contribution in [2.45, 2.75) is 39.2 Å². The highest BCUT2D eigenvalue weighted by Gasteiger charge is 2.36. The molecule has 0 saturated carbocycles. The maximum Gasteiger partial charge on any atom is 0.237 e. The highest BCUT2D eigenvalue weighted by molar-refractivity contribution is 5.83. The van der Waals surface area contributed by atoms with Crippen LogP contribution in [0.3, 0.4) is 0 Å². The number of carbonyl (C=O) groups excluding carboxylic acids is 1. The van der Waals surface area contributed by atoms with Crippen molar-refractivity contribution < 1.29 is 4.79 Å². The zero-order valence-corrected chi connectivity index (χ0v) is 8.84. The summed E-state index contributed by atoms with van der Waals surface area (Å²) in [7, 11) is 0. The maximum absolute atomic E-state index is 11.2. The van der Waals surface area contributed by atoms with Gasteiger partial charge in [-0.3, -0.25) is 9.69 Å². The highest BCUT2D eigenvalue weighted by atomic mass is 16.1. The molecule has 0 bridgehead atoms. The Hall–Kier alpha value is -0.570. The van der Waals surface area contributed by atoms with Gasteiger partial charge >= 0.3 is 0 Å². The number of hydrogen-bond donors (Lipinski definition) is 1. The van der Waals surface area contributed by atoms with E-state index in [2.05, 4.69) is 11.8 Å². The Labute approximate surface area is 80.3 Å². The average Bonchev–Trinajstić information content (AvgIpc) is 2.51. The first-order chi connectivity index (χ1) is 5.98. The summed E-state index contributed by atoms with van der Waals surface area (Å²) in [4.78, 5) is 13.4. The van der Waals surface area contributed by atoms with Gasteiger partial charge in [-0.15, -0.1) is 0 Å². The number of carbonyl (C=O) groups is 1. The van der Waals surface area contributed by atoms with E-state index in [-0.39, 0.29) is 5.91 Å². The Balaban J connectivity index is 2.59. The second kappa shape index (κ2) is 3.66. The van der Waals surface area contributed by atoms with Crippen molar-refractivity contribution in [1.82, 2.24) is 4.90 Å². The van der Waals surface area contributed by atoms with Crippen LogP contribution >= 0.6 is 0 Å². The number of nitrogens with two attached hydrogens (primary N) is 1. The summed E-state index contributed by atoms with van der Waals surface area (Å²) in [5.74, 6) is 0.530. The fraction of sp³-hybridized carbons (Fsp3) is 0.900. The summed E-state index contributed by atoms with van der Waals surface area (Å²) >= 11 is 0. The van der Waals surface area contributed by atoms with Gasteiger partial charge in [0.1, 0.15) is 0 Å². The summed E-state index contributed by atoms with van der Waals surface area (Å²) in [5.41, 5.74) is 4.89. The standard InChI is InChI=1S/C10H20N2O/c1-4-8-5-6-12(7-8)10(2,3)9(11)13/h8H,4-7H2,1-3H3,(H2,11,13). The van der Waals surface area contributed by atoms with E-state index in [4.69, 9.17) is 5.73 Å². The van der Waals surface area contributed by atoms with E-state index in [1.54, 1.807) is 0 Å².